The minimum Gasteiger partial charge on any atom is -0.406 e. The minimum absolute atomic E-state index is 0.0388. The maximum absolute atomic E-state index is 12.0. The SMILES string of the molecule is OC1CCCCC1Nc1ccc(OC(F)(F)F)cc1. The van der Waals surface area contributed by atoms with Gasteiger partial charge in [0, 0.05) is 5.69 Å². The van der Waals surface area contributed by atoms with Crippen LogP contribution in [-0.4, -0.2) is 23.6 Å². The number of aliphatic hydroxyl groups is 1. The Bertz CT molecular complexity index is 405. The molecule has 2 rings (SSSR count). The van der Waals surface area contributed by atoms with Gasteiger partial charge in [0.2, 0.25) is 0 Å². The monoisotopic (exact) mass is 275 g/mol. The van der Waals surface area contributed by atoms with Crippen molar-refractivity contribution in [2.75, 3.05) is 5.32 Å². The number of hydrogen-bond acceptors (Lipinski definition) is 3. The zero-order valence-electron chi connectivity index (χ0n) is 10.3. The van der Waals surface area contributed by atoms with Crippen molar-refractivity contribution in [3.05, 3.63) is 24.3 Å². The largest absolute Gasteiger partial charge is 0.573 e. The number of anilines is 1. The molecule has 0 spiro atoms. The van der Waals surface area contributed by atoms with Gasteiger partial charge >= 0.3 is 6.36 Å². The van der Waals surface area contributed by atoms with Crippen LogP contribution in [0.1, 0.15) is 25.7 Å². The number of ether oxygens (including phenoxy) is 1. The van der Waals surface area contributed by atoms with Gasteiger partial charge in [0.05, 0.1) is 12.1 Å². The van der Waals surface area contributed by atoms with Crippen molar-refractivity contribution in [2.45, 2.75) is 44.2 Å². The third kappa shape index (κ3) is 4.31. The van der Waals surface area contributed by atoms with E-state index in [1.807, 2.05) is 0 Å². The molecule has 1 fully saturated rings. The lowest BCUT2D eigenvalue weighted by Gasteiger charge is -2.29. The van der Waals surface area contributed by atoms with E-state index in [0.717, 1.165) is 25.7 Å². The maximum atomic E-state index is 12.0. The van der Waals surface area contributed by atoms with Crippen molar-refractivity contribution < 1.29 is 23.0 Å². The molecule has 0 saturated heterocycles. The zero-order chi connectivity index (χ0) is 13.9. The Morgan fingerprint density at radius 3 is 2.32 bits per heavy atom. The van der Waals surface area contributed by atoms with Crippen LogP contribution in [-0.2, 0) is 0 Å². The molecule has 2 unspecified atom stereocenters. The second kappa shape index (κ2) is 5.69. The molecule has 1 aromatic rings. The summed E-state index contributed by atoms with van der Waals surface area (Å²) < 4.78 is 39.8. The summed E-state index contributed by atoms with van der Waals surface area (Å²) in [7, 11) is 0. The second-order valence-electron chi connectivity index (χ2n) is 4.67. The Hall–Kier alpha value is -1.43. The number of alkyl halides is 3. The van der Waals surface area contributed by atoms with Crippen molar-refractivity contribution in [2.24, 2.45) is 0 Å². The second-order valence-corrected chi connectivity index (χ2v) is 4.67. The highest BCUT2D eigenvalue weighted by Crippen LogP contribution is 2.26. The fourth-order valence-corrected chi connectivity index (χ4v) is 2.25. The molecule has 1 aliphatic carbocycles. The fraction of sp³-hybridized carbons (Fsp3) is 0.538. The number of aliphatic hydroxyl groups excluding tert-OH is 1. The predicted molar refractivity (Wildman–Crippen MR) is 65.0 cm³/mol. The Morgan fingerprint density at radius 2 is 1.74 bits per heavy atom. The van der Waals surface area contributed by atoms with E-state index in [1.54, 1.807) is 0 Å². The first-order valence-corrected chi connectivity index (χ1v) is 6.24. The first kappa shape index (κ1) is 14.0. The topological polar surface area (TPSA) is 41.5 Å². The molecule has 1 aliphatic rings. The number of halogens is 3. The number of rotatable bonds is 3. The molecule has 0 heterocycles. The van der Waals surface area contributed by atoms with Crippen molar-refractivity contribution in [3.8, 4) is 5.75 Å². The smallest absolute Gasteiger partial charge is 0.406 e. The van der Waals surface area contributed by atoms with E-state index in [1.165, 1.54) is 24.3 Å². The summed E-state index contributed by atoms with van der Waals surface area (Å²) in [5, 5.41) is 12.9. The van der Waals surface area contributed by atoms with Crippen LogP contribution in [0, 0.1) is 0 Å². The van der Waals surface area contributed by atoms with Crippen LogP contribution < -0.4 is 10.1 Å². The van der Waals surface area contributed by atoms with Gasteiger partial charge in [-0.2, -0.15) is 0 Å². The fourth-order valence-electron chi connectivity index (χ4n) is 2.25. The highest BCUT2D eigenvalue weighted by Gasteiger charge is 2.31. The van der Waals surface area contributed by atoms with Crippen LogP contribution in [0.25, 0.3) is 0 Å². The summed E-state index contributed by atoms with van der Waals surface area (Å²) in [5.74, 6) is -0.248. The van der Waals surface area contributed by atoms with Crippen LogP contribution in [0.2, 0.25) is 0 Å². The van der Waals surface area contributed by atoms with Gasteiger partial charge in [-0.05, 0) is 37.1 Å². The summed E-state index contributed by atoms with van der Waals surface area (Å²) in [5.41, 5.74) is 0.681. The lowest BCUT2D eigenvalue weighted by Crippen LogP contribution is -2.36. The normalized spacial score (nSPS) is 24.0. The number of hydrogen-bond donors (Lipinski definition) is 2. The molecular weight excluding hydrogens is 259 g/mol. The Labute approximate surface area is 109 Å². The summed E-state index contributed by atoms with van der Waals surface area (Å²) in [6.45, 7) is 0. The molecule has 1 saturated carbocycles. The van der Waals surface area contributed by atoms with Gasteiger partial charge in [-0.25, -0.2) is 0 Å². The quantitative estimate of drug-likeness (QED) is 0.889. The van der Waals surface area contributed by atoms with Crippen LogP contribution in [0.3, 0.4) is 0 Å². The van der Waals surface area contributed by atoms with E-state index in [-0.39, 0.29) is 11.8 Å². The molecular formula is C13H16F3NO2. The Kier molecular flexibility index (Phi) is 4.19. The average molecular weight is 275 g/mol. The molecule has 0 bridgehead atoms. The Balaban J connectivity index is 1.94. The molecule has 19 heavy (non-hydrogen) atoms. The lowest BCUT2D eigenvalue weighted by molar-refractivity contribution is -0.274. The first-order valence-electron chi connectivity index (χ1n) is 6.24. The minimum atomic E-state index is -4.67. The third-order valence-corrected chi connectivity index (χ3v) is 3.17. The van der Waals surface area contributed by atoms with E-state index < -0.39 is 12.5 Å². The highest BCUT2D eigenvalue weighted by molar-refractivity contribution is 5.47. The first-order chi connectivity index (χ1) is 8.94. The summed E-state index contributed by atoms with van der Waals surface area (Å²) >= 11 is 0. The van der Waals surface area contributed by atoms with Gasteiger partial charge in [-0.1, -0.05) is 12.8 Å². The molecule has 0 amide bonds. The van der Waals surface area contributed by atoms with Crippen LogP contribution in [0.15, 0.2) is 24.3 Å². The lowest BCUT2D eigenvalue weighted by atomic mass is 9.92. The van der Waals surface area contributed by atoms with E-state index >= 15 is 0 Å². The van der Waals surface area contributed by atoms with E-state index in [0.29, 0.717) is 5.69 Å². The number of benzene rings is 1. The van der Waals surface area contributed by atoms with Gasteiger partial charge in [0.1, 0.15) is 5.75 Å². The van der Waals surface area contributed by atoms with Crippen LogP contribution >= 0.6 is 0 Å². The zero-order valence-corrected chi connectivity index (χ0v) is 10.3. The molecule has 6 heteroatoms. The third-order valence-electron chi connectivity index (χ3n) is 3.17. The molecule has 3 nitrogen and oxygen atoms in total. The maximum Gasteiger partial charge on any atom is 0.573 e. The molecule has 106 valence electrons. The van der Waals surface area contributed by atoms with Crippen molar-refractivity contribution >= 4 is 5.69 Å². The van der Waals surface area contributed by atoms with Crippen molar-refractivity contribution in [1.82, 2.24) is 0 Å². The number of nitrogens with one attached hydrogen (secondary N) is 1. The Morgan fingerprint density at radius 1 is 1.11 bits per heavy atom. The van der Waals surface area contributed by atoms with Crippen molar-refractivity contribution in [3.63, 3.8) is 0 Å². The molecule has 2 atom stereocenters. The predicted octanol–water partition coefficient (Wildman–Crippen LogP) is 3.30. The molecule has 1 aromatic carbocycles. The molecule has 0 aliphatic heterocycles. The summed E-state index contributed by atoms with van der Waals surface area (Å²) in [4.78, 5) is 0. The van der Waals surface area contributed by atoms with Crippen LogP contribution in [0.4, 0.5) is 18.9 Å². The van der Waals surface area contributed by atoms with Gasteiger partial charge in [-0.3, -0.25) is 0 Å². The van der Waals surface area contributed by atoms with Crippen LogP contribution in [0.5, 0.6) is 5.75 Å². The average Bonchev–Trinajstić information content (AvgIpc) is 2.33. The van der Waals surface area contributed by atoms with E-state index in [2.05, 4.69) is 10.1 Å². The summed E-state index contributed by atoms with van der Waals surface area (Å²) in [6, 6.07) is 5.50. The molecule has 0 radical (unpaired) electrons. The van der Waals surface area contributed by atoms with E-state index in [9.17, 15) is 18.3 Å². The molecule has 0 aromatic heterocycles. The molecule has 2 N–H and O–H groups in total. The van der Waals surface area contributed by atoms with Crippen molar-refractivity contribution in [1.29, 1.82) is 0 Å². The van der Waals surface area contributed by atoms with Gasteiger partial charge in [0.15, 0.2) is 0 Å². The van der Waals surface area contributed by atoms with Gasteiger partial charge < -0.3 is 15.2 Å². The summed E-state index contributed by atoms with van der Waals surface area (Å²) in [6.07, 6.45) is -1.40. The highest BCUT2D eigenvalue weighted by atomic mass is 19.4. The van der Waals surface area contributed by atoms with E-state index in [4.69, 9.17) is 0 Å². The van der Waals surface area contributed by atoms with Gasteiger partial charge in [-0.15, -0.1) is 13.2 Å². The van der Waals surface area contributed by atoms with Gasteiger partial charge in [0.25, 0.3) is 0 Å². The standard InChI is InChI=1S/C13H16F3NO2/c14-13(15,16)19-10-7-5-9(6-8-10)17-11-3-1-2-4-12(11)18/h5-8,11-12,17-18H,1-4H2.